The lowest BCUT2D eigenvalue weighted by Crippen LogP contribution is -2.41. The zero-order valence-corrected chi connectivity index (χ0v) is 16.9. The second-order valence-corrected chi connectivity index (χ2v) is 8.64. The number of amides is 1. The van der Waals surface area contributed by atoms with E-state index in [1.54, 1.807) is 11.0 Å². The average Bonchev–Trinajstić information content (AvgIpc) is 2.97. The molecule has 3 rings (SSSR count). The van der Waals surface area contributed by atoms with Crippen molar-refractivity contribution in [1.29, 1.82) is 0 Å². The number of nitrogens with one attached hydrogen (secondary N) is 1. The van der Waals surface area contributed by atoms with Crippen LogP contribution in [0.2, 0.25) is 5.02 Å². The predicted molar refractivity (Wildman–Crippen MR) is 105 cm³/mol. The van der Waals surface area contributed by atoms with Crippen molar-refractivity contribution in [3.8, 4) is 5.75 Å². The first-order chi connectivity index (χ1) is 12.7. The highest BCUT2D eigenvalue weighted by molar-refractivity contribution is 7.89. The van der Waals surface area contributed by atoms with E-state index in [1.165, 1.54) is 19.2 Å². The molecule has 1 heterocycles. The van der Waals surface area contributed by atoms with Gasteiger partial charge in [-0.1, -0.05) is 17.7 Å². The lowest BCUT2D eigenvalue weighted by molar-refractivity contribution is -0.118. The van der Waals surface area contributed by atoms with Gasteiger partial charge >= 0.3 is 0 Å². The highest BCUT2D eigenvalue weighted by Gasteiger charge is 2.36. The Hall–Kier alpha value is -2.09. The Bertz CT molecular complexity index is 991. The van der Waals surface area contributed by atoms with E-state index in [1.807, 2.05) is 32.0 Å². The number of carbonyl (C=O) groups excluding carboxylic acids is 1. The van der Waals surface area contributed by atoms with E-state index in [0.29, 0.717) is 13.0 Å². The fraction of sp³-hybridized carbons (Fsp3) is 0.316. The highest BCUT2D eigenvalue weighted by Crippen LogP contribution is 2.29. The predicted octanol–water partition coefficient (Wildman–Crippen LogP) is 3.05. The van der Waals surface area contributed by atoms with Crippen molar-refractivity contribution in [3.63, 3.8) is 0 Å². The molecule has 2 aromatic rings. The van der Waals surface area contributed by atoms with Crippen LogP contribution in [0.4, 0.5) is 5.69 Å². The van der Waals surface area contributed by atoms with Crippen molar-refractivity contribution in [2.24, 2.45) is 0 Å². The summed E-state index contributed by atoms with van der Waals surface area (Å²) < 4.78 is 33.2. The van der Waals surface area contributed by atoms with Crippen LogP contribution in [-0.2, 0) is 14.8 Å². The van der Waals surface area contributed by atoms with E-state index in [9.17, 15) is 13.2 Å². The number of aryl methyl sites for hydroxylation is 2. The summed E-state index contributed by atoms with van der Waals surface area (Å²) in [7, 11) is -2.59. The van der Waals surface area contributed by atoms with Crippen molar-refractivity contribution in [2.45, 2.75) is 31.2 Å². The van der Waals surface area contributed by atoms with Gasteiger partial charge in [0.25, 0.3) is 0 Å². The van der Waals surface area contributed by atoms with E-state index in [-0.39, 0.29) is 21.6 Å². The quantitative estimate of drug-likeness (QED) is 0.825. The zero-order chi connectivity index (χ0) is 19.8. The van der Waals surface area contributed by atoms with Gasteiger partial charge < -0.3 is 9.64 Å². The summed E-state index contributed by atoms with van der Waals surface area (Å²) in [6.45, 7) is 4.42. The van der Waals surface area contributed by atoms with Crippen molar-refractivity contribution < 1.29 is 17.9 Å². The van der Waals surface area contributed by atoms with Crippen LogP contribution in [0.25, 0.3) is 0 Å². The van der Waals surface area contributed by atoms with Crippen LogP contribution in [0.3, 0.4) is 0 Å². The van der Waals surface area contributed by atoms with Crippen LogP contribution in [-0.4, -0.2) is 34.0 Å². The molecule has 8 heteroatoms. The molecule has 27 heavy (non-hydrogen) atoms. The van der Waals surface area contributed by atoms with Gasteiger partial charge in [0, 0.05) is 17.3 Å². The number of halogens is 1. The second kappa shape index (κ2) is 7.50. The van der Waals surface area contributed by atoms with Crippen molar-refractivity contribution in [1.82, 2.24) is 4.72 Å². The molecule has 1 fully saturated rings. The molecule has 0 bridgehead atoms. The van der Waals surface area contributed by atoms with Crippen molar-refractivity contribution >= 4 is 33.2 Å². The van der Waals surface area contributed by atoms with Gasteiger partial charge in [-0.2, -0.15) is 4.72 Å². The van der Waals surface area contributed by atoms with Gasteiger partial charge in [0.1, 0.15) is 16.7 Å². The first kappa shape index (κ1) is 19.7. The minimum Gasteiger partial charge on any atom is -0.495 e. The molecule has 2 aromatic carbocycles. The second-order valence-electron chi connectivity index (χ2n) is 6.52. The van der Waals surface area contributed by atoms with Crippen LogP contribution in [0.5, 0.6) is 5.75 Å². The van der Waals surface area contributed by atoms with Crippen LogP contribution in [0.1, 0.15) is 17.5 Å². The number of nitrogens with zero attached hydrogens (tertiary/aromatic N) is 1. The molecule has 1 aliphatic rings. The monoisotopic (exact) mass is 408 g/mol. The van der Waals surface area contributed by atoms with E-state index < -0.39 is 16.1 Å². The SMILES string of the molecule is COc1ccc(Cl)cc1S(=O)(=O)N[C@@H]1CCN(c2ccc(C)c(C)c2)C1=O. The Kier molecular flexibility index (Phi) is 5.46. The van der Waals surface area contributed by atoms with Crippen LogP contribution in [0, 0.1) is 13.8 Å². The third-order valence-electron chi connectivity index (χ3n) is 4.72. The number of sulfonamides is 1. The smallest absolute Gasteiger partial charge is 0.245 e. The molecular weight excluding hydrogens is 388 g/mol. The van der Waals surface area contributed by atoms with Crippen molar-refractivity contribution in [2.75, 3.05) is 18.6 Å². The summed E-state index contributed by atoms with van der Waals surface area (Å²) in [6.07, 6.45) is 0.383. The normalized spacial score (nSPS) is 17.4. The van der Waals surface area contributed by atoms with E-state index in [0.717, 1.165) is 16.8 Å². The number of anilines is 1. The third-order valence-corrected chi connectivity index (χ3v) is 6.45. The molecule has 0 unspecified atom stereocenters. The third kappa shape index (κ3) is 3.95. The van der Waals surface area contributed by atoms with Gasteiger partial charge in [-0.05, 0) is 61.7 Å². The molecule has 1 amide bonds. The van der Waals surface area contributed by atoms with E-state index in [2.05, 4.69) is 4.72 Å². The summed E-state index contributed by atoms with van der Waals surface area (Å²) in [4.78, 5) is 14.3. The zero-order valence-electron chi connectivity index (χ0n) is 15.3. The molecule has 1 N–H and O–H groups in total. The fourth-order valence-electron chi connectivity index (χ4n) is 3.05. The molecule has 0 radical (unpaired) electrons. The van der Waals surface area contributed by atoms with Gasteiger partial charge in [0.2, 0.25) is 15.9 Å². The van der Waals surface area contributed by atoms with Crippen molar-refractivity contribution in [3.05, 3.63) is 52.5 Å². The Morgan fingerprint density at radius 2 is 1.89 bits per heavy atom. The maximum Gasteiger partial charge on any atom is 0.245 e. The molecule has 144 valence electrons. The van der Waals surface area contributed by atoms with Gasteiger partial charge in [-0.3, -0.25) is 4.79 Å². The fourth-order valence-corrected chi connectivity index (χ4v) is 4.71. The minimum absolute atomic E-state index is 0.0880. The van der Waals surface area contributed by atoms with Crippen LogP contribution >= 0.6 is 11.6 Å². The Morgan fingerprint density at radius 3 is 2.56 bits per heavy atom. The number of ether oxygens (including phenoxy) is 1. The molecule has 0 aliphatic carbocycles. The molecule has 0 saturated carbocycles. The first-order valence-corrected chi connectivity index (χ1v) is 10.3. The topological polar surface area (TPSA) is 75.7 Å². The largest absolute Gasteiger partial charge is 0.495 e. The molecular formula is C19H21ClN2O4S. The summed E-state index contributed by atoms with van der Waals surface area (Å²) in [5.74, 6) is -0.105. The lowest BCUT2D eigenvalue weighted by atomic mass is 10.1. The summed E-state index contributed by atoms with van der Waals surface area (Å²) in [5.41, 5.74) is 2.98. The summed E-state index contributed by atoms with van der Waals surface area (Å²) in [6, 6.07) is 9.26. The summed E-state index contributed by atoms with van der Waals surface area (Å²) in [5, 5.41) is 0.269. The molecule has 1 atom stereocenters. The van der Waals surface area contributed by atoms with Gasteiger partial charge in [0.05, 0.1) is 7.11 Å². The van der Waals surface area contributed by atoms with Crippen LogP contribution < -0.4 is 14.4 Å². The maximum atomic E-state index is 12.8. The number of benzene rings is 2. The van der Waals surface area contributed by atoms with Gasteiger partial charge in [0.15, 0.2) is 0 Å². The number of methoxy groups -OCH3 is 1. The Labute approximate surface area is 164 Å². The summed E-state index contributed by atoms with van der Waals surface area (Å²) >= 11 is 5.93. The van der Waals surface area contributed by atoms with Gasteiger partial charge in [-0.15, -0.1) is 0 Å². The van der Waals surface area contributed by atoms with E-state index in [4.69, 9.17) is 16.3 Å². The van der Waals surface area contributed by atoms with Crippen LogP contribution in [0.15, 0.2) is 41.3 Å². The first-order valence-electron chi connectivity index (χ1n) is 8.47. The van der Waals surface area contributed by atoms with E-state index >= 15 is 0 Å². The van der Waals surface area contributed by atoms with Gasteiger partial charge in [-0.25, -0.2) is 8.42 Å². The maximum absolute atomic E-state index is 12.8. The Morgan fingerprint density at radius 1 is 1.15 bits per heavy atom. The number of carbonyl (C=O) groups is 1. The Balaban J connectivity index is 1.83. The molecule has 6 nitrogen and oxygen atoms in total. The standard InChI is InChI=1S/C19H21ClN2O4S/c1-12-4-6-15(10-13(12)2)22-9-8-16(19(22)23)21-27(24,25)18-11-14(20)5-7-17(18)26-3/h4-7,10-11,16,21H,8-9H2,1-3H3/t16-/m1/s1. The highest BCUT2D eigenvalue weighted by atomic mass is 35.5. The molecule has 0 aromatic heterocycles. The molecule has 0 spiro atoms. The molecule has 1 aliphatic heterocycles. The number of hydrogen-bond acceptors (Lipinski definition) is 4. The molecule has 1 saturated heterocycles. The average molecular weight is 409 g/mol. The lowest BCUT2D eigenvalue weighted by Gasteiger charge is -2.19. The number of hydrogen-bond donors (Lipinski definition) is 1. The number of rotatable bonds is 5. The minimum atomic E-state index is -3.97.